The molecule has 2 rings (SSSR count). The maximum Gasteiger partial charge on any atom is 0.150 e. The van der Waals surface area contributed by atoms with Crippen LogP contribution in [0.5, 0.6) is 0 Å². The van der Waals surface area contributed by atoms with Gasteiger partial charge in [-0.1, -0.05) is 39.7 Å². The lowest BCUT2D eigenvalue weighted by molar-refractivity contribution is 0.112. The third kappa shape index (κ3) is 2.34. The van der Waals surface area contributed by atoms with Gasteiger partial charge in [-0.3, -0.25) is 4.79 Å². The molecule has 0 bridgehead atoms. The van der Waals surface area contributed by atoms with Gasteiger partial charge in [0.1, 0.15) is 0 Å². The summed E-state index contributed by atoms with van der Waals surface area (Å²) >= 11 is 9.34. The molecule has 0 aliphatic rings. The fourth-order valence-corrected chi connectivity index (χ4v) is 2.11. The molecule has 1 nitrogen and oxygen atoms in total. The van der Waals surface area contributed by atoms with Crippen LogP contribution in [0.4, 0.5) is 0 Å². The highest BCUT2D eigenvalue weighted by Gasteiger charge is 2.05. The van der Waals surface area contributed by atoms with Gasteiger partial charge in [0, 0.05) is 15.1 Å². The van der Waals surface area contributed by atoms with Gasteiger partial charge in [-0.15, -0.1) is 0 Å². The first kappa shape index (κ1) is 11.4. The van der Waals surface area contributed by atoms with Crippen LogP contribution in [0.1, 0.15) is 10.4 Å². The van der Waals surface area contributed by atoms with E-state index in [0.29, 0.717) is 10.6 Å². The Kier molecular flexibility index (Phi) is 3.42. The zero-order valence-corrected chi connectivity index (χ0v) is 10.6. The van der Waals surface area contributed by atoms with Gasteiger partial charge < -0.3 is 0 Å². The van der Waals surface area contributed by atoms with E-state index < -0.39 is 0 Å². The molecule has 0 saturated carbocycles. The van der Waals surface area contributed by atoms with E-state index in [1.807, 2.05) is 24.3 Å². The van der Waals surface area contributed by atoms with Crippen molar-refractivity contribution in [1.82, 2.24) is 0 Å². The minimum absolute atomic E-state index is 0.626. The van der Waals surface area contributed by atoms with Crippen LogP contribution in [0.25, 0.3) is 11.1 Å². The smallest absolute Gasteiger partial charge is 0.150 e. The Morgan fingerprint density at radius 3 is 2.62 bits per heavy atom. The largest absolute Gasteiger partial charge is 0.298 e. The van der Waals surface area contributed by atoms with Gasteiger partial charge >= 0.3 is 0 Å². The summed E-state index contributed by atoms with van der Waals surface area (Å²) in [6.07, 6.45) is 0.840. The van der Waals surface area contributed by atoms with Crippen molar-refractivity contribution in [3.05, 3.63) is 57.5 Å². The van der Waals surface area contributed by atoms with Crippen molar-refractivity contribution >= 4 is 33.8 Å². The molecule has 0 atom stereocenters. The standard InChI is InChI=1S/C13H8BrClO/c14-11-3-1-2-9(6-11)13-7-12(15)5-4-10(13)8-16/h1-8H. The predicted molar refractivity (Wildman–Crippen MR) is 70.0 cm³/mol. The van der Waals surface area contributed by atoms with E-state index in [9.17, 15) is 4.79 Å². The number of benzene rings is 2. The van der Waals surface area contributed by atoms with Crippen molar-refractivity contribution in [2.24, 2.45) is 0 Å². The molecule has 3 heteroatoms. The number of hydrogen-bond acceptors (Lipinski definition) is 1. The average Bonchev–Trinajstić information content (AvgIpc) is 2.29. The zero-order valence-electron chi connectivity index (χ0n) is 8.28. The number of rotatable bonds is 2. The van der Waals surface area contributed by atoms with E-state index in [-0.39, 0.29) is 0 Å². The van der Waals surface area contributed by atoms with Crippen molar-refractivity contribution in [3.63, 3.8) is 0 Å². The number of carbonyl (C=O) groups excluding carboxylic acids is 1. The van der Waals surface area contributed by atoms with Gasteiger partial charge in [0.15, 0.2) is 6.29 Å². The molecule has 0 radical (unpaired) electrons. The number of hydrogen-bond donors (Lipinski definition) is 0. The maximum atomic E-state index is 10.9. The lowest BCUT2D eigenvalue weighted by Gasteiger charge is -2.06. The van der Waals surface area contributed by atoms with Gasteiger partial charge in [-0.2, -0.15) is 0 Å². The summed E-state index contributed by atoms with van der Waals surface area (Å²) in [6.45, 7) is 0. The summed E-state index contributed by atoms with van der Waals surface area (Å²) in [5.41, 5.74) is 2.46. The van der Waals surface area contributed by atoms with Crippen molar-refractivity contribution in [2.75, 3.05) is 0 Å². The normalized spacial score (nSPS) is 10.1. The van der Waals surface area contributed by atoms with Crippen molar-refractivity contribution in [2.45, 2.75) is 0 Å². The first-order chi connectivity index (χ1) is 7.70. The fourth-order valence-electron chi connectivity index (χ4n) is 1.54. The zero-order chi connectivity index (χ0) is 11.5. The molecule has 2 aromatic rings. The number of carbonyl (C=O) groups is 1. The predicted octanol–water partition coefficient (Wildman–Crippen LogP) is 4.58. The summed E-state index contributed by atoms with van der Waals surface area (Å²) < 4.78 is 0.974. The molecule has 0 spiro atoms. The molecule has 0 heterocycles. The SMILES string of the molecule is O=Cc1ccc(Cl)cc1-c1cccc(Br)c1. The quantitative estimate of drug-likeness (QED) is 0.741. The lowest BCUT2D eigenvalue weighted by atomic mass is 10.0. The average molecular weight is 296 g/mol. The second-order valence-corrected chi connectivity index (χ2v) is 4.71. The van der Waals surface area contributed by atoms with E-state index >= 15 is 0 Å². The number of aldehydes is 1. The van der Waals surface area contributed by atoms with Crippen LogP contribution in [-0.2, 0) is 0 Å². The second-order valence-electron chi connectivity index (χ2n) is 3.36. The molecule has 0 saturated heterocycles. The second kappa shape index (κ2) is 4.81. The van der Waals surface area contributed by atoms with Gasteiger partial charge in [-0.25, -0.2) is 0 Å². The highest BCUT2D eigenvalue weighted by atomic mass is 79.9. The van der Waals surface area contributed by atoms with Crippen molar-refractivity contribution in [3.8, 4) is 11.1 Å². The lowest BCUT2D eigenvalue weighted by Crippen LogP contribution is -1.87. The first-order valence-electron chi connectivity index (χ1n) is 4.71. The topological polar surface area (TPSA) is 17.1 Å². The Labute approximate surface area is 107 Å². The Hall–Kier alpha value is -1.12. The Balaban J connectivity index is 2.62. The van der Waals surface area contributed by atoms with E-state index in [2.05, 4.69) is 15.9 Å². The van der Waals surface area contributed by atoms with E-state index in [1.165, 1.54) is 0 Å². The molecular weight excluding hydrogens is 287 g/mol. The van der Waals surface area contributed by atoms with Gasteiger partial charge in [0.25, 0.3) is 0 Å². The third-order valence-corrected chi connectivity index (χ3v) is 3.01. The van der Waals surface area contributed by atoms with Crippen LogP contribution in [0, 0.1) is 0 Å². The Morgan fingerprint density at radius 2 is 1.94 bits per heavy atom. The van der Waals surface area contributed by atoms with Crippen LogP contribution in [-0.4, -0.2) is 6.29 Å². The molecule has 0 unspecified atom stereocenters. The highest BCUT2D eigenvalue weighted by Crippen LogP contribution is 2.28. The fraction of sp³-hybridized carbons (Fsp3) is 0. The summed E-state index contributed by atoms with van der Waals surface area (Å²) in [6, 6.07) is 13.0. The maximum absolute atomic E-state index is 10.9. The van der Waals surface area contributed by atoms with E-state index in [1.54, 1.807) is 18.2 Å². The van der Waals surface area contributed by atoms with E-state index in [0.717, 1.165) is 21.9 Å². The molecule has 0 aliphatic carbocycles. The third-order valence-electron chi connectivity index (χ3n) is 2.28. The van der Waals surface area contributed by atoms with Crippen molar-refractivity contribution in [1.29, 1.82) is 0 Å². The molecular formula is C13H8BrClO. The molecule has 2 aromatic carbocycles. The first-order valence-corrected chi connectivity index (χ1v) is 5.88. The molecule has 80 valence electrons. The van der Waals surface area contributed by atoms with Gasteiger partial charge in [-0.05, 0) is 41.5 Å². The van der Waals surface area contributed by atoms with Crippen LogP contribution in [0.2, 0.25) is 5.02 Å². The summed E-state index contributed by atoms with van der Waals surface area (Å²) in [4.78, 5) is 10.9. The highest BCUT2D eigenvalue weighted by molar-refractivity contribution is 9.10. The molecule has 0 aromatic heterocycles. The minimum Gasteiger partial charge on any atom is -0.298 e. The summed E-state index contributed by atoms with van der Waals surface area (Å²) in [7, 11) is 0. The monoisotopic (exact) mass is 294 g/mol. The molecule has 0 N–H and O–H groups in total. The van der Waals surface area contributed by atoms with Gasteiger partial charge in [0.2, 0.25) is 0 Å². The molecule has 0 fully saturated rings. The minimum atomic E-state index is 0.626. The van der Waals surface area contributed by atoms with Gasteiger partial charge in [0.05, 0.1) is 0 Å². The number of halogens is 2. The van der Waals surface area contributed by atoms with Crippen LogP contribution >= 0.6 is 27.5 Å². The molecule has 16 heavy (non-hydrogen) atoms. The molecule has 0 aliphatic heterocycles. The Bertz CT molecular complexity index is 537. The van der Waals surface area contributed by atoms with Crippen molar-refractivity contribution < 1.29 is 4.79 Å². The van der Waals surface area contributed by atoms with Crippen LogP contribution < -0.4 is 0 Å². The van der Waals surface area contributed by atoms with Crippen LogP contribution in [0.15, 0.2) is 46.9 Å². The summed E-state index contributed by atoms with van der Waals surface area (Å²) in [5, 5.41) is 0.626. The molecule has 0 amide bonds. The van der Waals surface area contributed by atoms with Crippen LogP contribution in [0.3, 0.4) is 0 Å². The summed E-state index contributed by atoms with van der Waals surface area (Å²) in [5.74, 6) is 0. The Morgan fingerprint density at radius 1 is 1.12 bits per heavy atom. The van der Waals surface area contributed by atoms with E-state index in [4.69, 9.17) is 11.6 Å².